The lowest BCUT2D eigenvalue weighted by Gasteiger charge is -2.36. The molecule has 0 aromatic heterocycles. The summed E-state index contributed by atoms with van der Waals surface area (Å²) in [5, 5.41) is 10.2. The number of hydrogen-bond donors (Lipinski definition) is 1. The van der Waals surface area contributed by atoms with Crippen molar-refractivity contribution >= 4 is 5.91 Å². The topological polar surface area (TPSA) is 62.2 Å². The van der Waals surface area contributed by atoms with Gasteiger partial charge in [-0.25, -0.2) is 4.39 Å². The van der Waals surface area contributed by atoms with Gasteiger partial charge in [0.25, 0.3) is 5.91 Å². The highest BCUT2D eigenvalue weighted by atomic mass is 19.1. The van der Waals surface area contributed by atoms with Crippen molar-refractivity contribution in [2.24, 2.45) is 5.92 Å². The standard InChI is InChI=1S/C22H33FN2O4/c1-16(2)29-15-20(26)12-24-9-10-28-21(13-24)14-25(11-17-3-4-17)22(27)18-5-7-19(23)8-6-18/h5-8,16-17,20-21,26H,3-4,9-15H2,1-2H3/t20-,21+/m1/s1. The van der Waals surface area contributed by atoms with Gasteiger partial charge < -0.3 is 19.5 Å². The number of β-amino-alcohol motifs (C(OH)–C–C–N with tert-alkyl or cyclic N) is 1. The zero-order chi connectivity index (χ0) is 20.8. The highest BCUT2D eigenvalue weighted by molar-refractivity contribution is 5.94. The van der Waals surface area contributed by atoms with Gasteiger partial charge in [-0.2, -0.15) is 0 Å². The van der Waals surface area contributed by atoms with Crippen LogP contribution in [0.25, 0.3) is 0 Å². The lowest BCUT2D eigenvalue weighted by atomic mass is 10.1. The second kappa shape index (κ2) is 10.5. The van der Waals surface area contributed by atoms with E-state index in [0.717, 1.165) is 19.4 Å². The number of carbonyl (C=O) groups excluding carboxylic acids is 1. The number of carbonyl (C=O) groups is 1. The van der Waals surface area contributed by atoms with Gasteiger partial charge in [-0.3, -0.25) is 9.69 Å². The van der Waals surface area contributed by atoms with Gasteiger partial charge in [0.2, 0.25) is 0 Å². The summed E-state index contributed by atoms with van der Waals surface area (Å²) in [5.41, 5.74) is 0.501. The van der Waals surface area contributed by atoms with Crippen LogP contribution in [0.5, 0.6) is 0 Å². The molecule has 29 heavy (non-hydrogen) atoms. The van der Waals surface area contributed by atoms with E-state index in [-0.39, 0.29) is 23.9 Å². The van der Waals surface area contributed by atoms with Crippen molar-refractivity contribution < 1.29 is 23.8 Å². The monoisotopic (exact) mass is 408 g/mol. The molecule has 0 unspecified atom stereocenters. The summed E-state index contributed by atoms with van der Waals surface area (Å²) < 4.78 is 24.6. The lowest BCUT2D eigenvalue weighted by molar-refractivity contribution is -0.0628. The number of morpholine rings is 1. The van der Waals surface area contributed by atoms with Crippen LogP contribution in [0.1, 0.15) is 37.0 Å². The minimum Gasteiger partial charge on any atom is -0.389 e. The molecule has 2 aliphatic rings. The largest absolute Gasteiger partial charge is 0.389 e. The van der Waals surface area contributed by atoms with Gasteiger partial charge in [0.05, 0.1) is 31.5 Å². The summed E-state index contributed by atoms with van der Waals surface area (Å²) in [6, 6.07) is 5.72. The minimum atomic E-state index is -0.542. The fourth-order valence-corrected chi connectivity index (χ4v) is 3.58. The van der Waals surface area contributed by atoms with E-state index in [1.165, 1.54) is 24.3 Å². The average molecular weight is 409 g/mol. The Bertz CT molecular complexity index is 651. The Morgan fingerprint density at radius 2 is 2.03 bits per heavy atom. The van der Waals surface area contributed by atoms with Gasteiger partial charge >= 0.3 is 0 Å². The van der Waals surface area contributed by atoms with Crippen molar-refractivity contribution in [3.8, 4) is 0 Å². The molecule has 1 N–H and O–H groups in total. The Balaban J connectivity index is 1.55. The molecule has 1 aliphatic heterocycles. The summed E-state index contributed by atoms with van der Waals surface area (Å²) in [5.74, 6) is 0.124. The smallest absolute Gasteiger partial charge is 0.253 e. The van der Waals surface area contributed by atoms with E-state index < -0.39 is 6.10 Å². The number of nitrogens with zero attached hydrogens (tertiary/aromatic N) is 2. The Labute approximate surface area is 172 Å². The van der Waals surface area contributed by atoms with E-state index in [1.54, 1.807) is 0 Å². The van der Waals surface area contributed by atoms with Gasteiger partial charge in [0.15, 0.2) is 0 Å². The fraction of sp³-hybridized carbons (Fsp3) is 0.682. The summed E-state index contributed by atoms with van der Waals surface area (Å²) in [6.45, 7) is 7.94. The average Bonchev–Trinajstić information content (AvgIpc) is 3.50. The normalized spacial score (nSPS) is 21.3. The molecule has 1 saturated carbocycles. The van der Waals surface area contributed by atoms with Crippen molar-refractivity contribution in [3.05, 3.63) is 35.6 Å². The number of aliphatic hydroxyl groups excluding tert-OH is 1. The molecule has 1 aromatic rings. The van der Waals surface area contributed by atoms with Gasteiger partial charge in [-0.05, 0) is 56.9 Å². The van der Waals surface area contributed by atoms with Crippen molar-refractivity contribution in [1.29, 1.82) is 0 Å². The second-order valence-corrected chi connectivity index (χ2v) is 8.45. The van der Waals surface area contributed by atoms with Gasteiger partial charge in [0.1, 0.15) is 5.82 Å². The summed E-state index contributed by atoms with van der Waals surface area (Å²) in [4.78, 5) is 17.0. The Kier molecular flexibility index (Phi) is 8.00. The molecular weight excluding hydrogens is 375 g/mol. The van der Waals surface area contributed by atoms with E-state index in [2.05, 4.69) is 4.90 Å². The van der Waals surface area contributed by atoms with E-state index >= 15 is 0 Å². The third kappa shape index (κ3) is 7.33. The first kappa shape index (κ1) is 22.2. The number of benzene rings is 1. The van der Waals surface area contributed by atoms with Crippen LogP contribution in [-0.2, 0) is 9.47 Å². The zero-order valence-electron chi connectivity index (χ0n) is 17.4. The quantitative estimate of drug-likeness (QED) is 0.643. The van der Waals surface area contributed by atoms with E-state index in [1.807, 2.05) is 18.7 Å². The zero-order valence-corrected chi connectivity index (χ0v) is 17.4. The Morgan fingerprint density at radius 1 is 1.31 bits per heavy atom. The second-order valence-electron chi connectivity index (χ2n) is 8.45. The Hall–Kier alpha value is -1.54. The molecule has 0 spiro atoms. The maximum atomic E-state index is 13.2. The lowest BCUT2D eigenvalue weighted by Crippen LogP contribution is -2.51. The molecule has 6 nitrogen and oxygen atoms in total. The molecular formula is C22H33FN2O4. The minimum absolute atomic E-state index is 0.0806. The summed E-state index contributed by atoms with van der Waals surface area (Å²) >= 11 is 0. The predicted octanol–water partition coefficient (Wildman–Crippen LogP) is 2.16. The summed E-state index contributed by atoms with van der Waals surface area (Å²) in [7, 11) is 0. The molecule has 1 aromatic carbocycles. The van der Waals surface area contributed by atoms with Crippen molar-refractivity contribution in [1.82, 2.24) is 9.80 Å². The van der Waals surface area contributed by atoms with Gasteiger partial charge in [-0.1, -0.05) is 0 Å². The first-order chi connectivity index (χ1) is 13.9. The van der Waals surface area contributed by atoms with E-state index in [9.17, 15) is 14.3 Å². The van der Waals surface area contributed by atoms with Crippen LogP contribution < -0.4 is 0 Å². The van der Waals surface area contributed by atoms with Crippen LogP contribution >= 0.6 is 0 Å². The van der Waals surface area contributed by atoms with Crippen LogP contribution in [0, 0.1) is 11.7 Å². The van der Waals surface area contributed by atoms with Crippen LogP contribution in [-0.4, -0.2) is 85.1 Å². The SMILES string of the molecule is CC(C)OC[C@H](O)CN1CCO[C@H](CN(CC2CC2)C(=O)c2ccc(F)cc2)C1. The van der Waals surface area contributed by atoms with Crippen LogP contribution in [0.3, 0.4) is 0 Å². The summed E-state index contributed by atoms with van der Waals surface area (Å²) in [6.07, 6.45) is 1.74. The molecule has 162 valence electrons. The molecule has 2 atom stereocenters. The number of hydrogen-bond acceptors (Lipinski definition) is 5. The molecule has 1 saturated heterocycles. The third-order valence-electron chi connectivity index (χ3n) is 5.29. The van der Waals surface area contributed by atoms with E-state index in [4.69, 9.17) is 9.47 Å². The highest BCUT2D eigenvalue weighted by Crippen LogP contribution is 2.30. The maximum Gasteiger partial charge on any atom is 0.253 e. The van der Waals surface area contributed by atoms with Crippen LogP contribution in [0.4, 0.5) is 4.39 Å². The maximum absolute atomic E-state index is 13.2. The van der Waals surface area contributed by atoms with Crippen molar-refractivity contribution in [3.63, 3.8) is 0 Å². The highest BCUT2D eigenvalue weighted by Gasteiger charge is 2.31. The van der Waals surface area contributed by atoms with Crippen molar-refractivity contribution in [2.45, 2.75) is 45.0 Å². The van der Waals surface area contributed by atoms with Crippen LogP contribution in [0.15, 0.2) is 24.3 Å². The Morgan fingerprint density at radius 3 is 2.69 bits per heavy atom. The van der Waals surface area contributed by atoms with Crippen molar-refractivity contribution in [2.75, 3.05) is 45.9 Å². The first-order valence-electron chi connectivity index (χ1n) is 10.6. The molecule has 1 heterocycles. The molecule has 3 rings (SSSR count). The number of halogens is 1. The molecule has 7 heteroatoms. The number of rotatable bonds is 10. The van der Waals surface area contributed by atoms with Gasteiger partial charge in [0, 0.05) is 38.3 Å². The molecule has 0 bridgehead atoms. The molecule has 1 amide bonds. The molecule has 1 aliphatic carbocycles. The third-order valence-corrected chi connectivity index (χ3v) is 5.29. The molecule has 0 radical (unpaired) electrons. The first-order valence-corrected chi connectivity index (χ1v) is 10.6. The van der Waals surface area contributed by atoms with Gasteiger partial charge in [-0.15, -0.1) is 0 Å². The number of ether oxygens (including phenoxy) is 2. The molecule has 2 fully saturated rings. The number of amides is 1. The number of aliphatic hydroxyl groups is 1. The predicted molar refractivity (Wildman–Crippen MR) is 108 cm³/mol. The fourth-order valence-electron chi connectivity index (χ4n) is 3.58. The van der Waals surface area contributed by atoms with Crippen LogP contribution in [0.2, 0.25) is 0 Å². The van der Waals surface area contributed by atoms with E-state index in [0.29, 0.717) is 50.9 Å².